The molecule has 0 bridgehead atoms. The second kappa shape index (κ2) is 4.93. The highest BCUT2D eigenvalue weighted by Gasteiger charge is 2.24. The lowest BCUT2D eigenvalue weighted by Crippen LogP contribution is -1.95. The van der Waals surface area contributed by atoms with E-state index in [1.165, 1.54) is 27.8 Å². The molecule has 6 aromatic rings. The Balaban J connectivity index is 1.76. The van der Waals surface area contributed by atoms with Crippen molar-refractivity contribution in [3.8, 4) is 11.1 Å². The van der Waals surface area contributed by atoms with E-state index in [9.17, 15) is 0 Å². The molecule has 0 spiro atoms. The number of fused-ring (bicyclic) bond motifs is 12. The fourth-order valence-electron chi connectivity index (χ4n) is 4.78. The van der Waals surface area contributed by atoms with Gasteiger partial charge in [-0.1, -0.05) is 36.4 Å². The highest BCUT2D eigenvalue weighted by atomic mass is 15.0. The van der Waals surface area contributed by atoms with Gasteiger partial charge in [0, 0.05) is 29.6 Å². The van der Waals surface area contributed by atoms with E-state index in [0.717, 1.165) is 39.4 Å². The predicted octanol–water partition coefficient (Wildman–Crippen LogP) is 5.16. The molecule has 0 atom stereocenters. The molecule has 1 aliphatic rings. The molecule has 1 aliphatic carbocycles. The maximum Gasteiger partial charge on any atom is 0.165 e. The van der Waals surface area contributed by atoms with Gasteiger partial charge in [0.25, 0.3) is 0 Å². The number of hydrogen-bond donors (Lipinski definition) is 0. The largest absolute Gasteiger partial charge is 0.289 e. The summed E-state index contributed by atoms with van der Waals surface area (Å²) in [6, 6.07) is 19.2. The van der Waals surface area contributed by atoms with Crippen molar-refractivity contribution >= 4 is 38.5 Å². The normalized spacial score (nSPS) is 12.9. The van der Waals surface area contributed by atoms with Crippen LogP contribution in [0.5, 0.6) is 0 Å². The minimum absolute atomic E-state index is 0.899. The highest BCUT2D eigenvalue weighted by Crippen LogP contribution is 2.41. The van der Waals surface area contributed by atoms with Crippen LogP contribution in [0.15, 0.2) is 73.2 Å². The van der Waals surface area contributed by atoms with Crippen molar-refractivity contribution < 1.29 is 0 Å². The van der Waals surface area contributed by atoms with Crippen LogP contribution in [0.4, 0.5) is 0 Å². The molecule has 0 saturated heterocycles. The van der Waals surface area contributed by atoms with Crippen LogP contribution in [-0.4, -0.2) is 19.4 Å². The molecule has 0 radical (unpaired) electrons. The summed E-state index contributed by atoms with van der Waals surface area (Å²) >= 11 is 0. The van der Waals surface area contributed by atoms with E-state index in [1.807, 2.05) is 24.7 Å². The molecule has 130 valence electrons. The van der Waals surface area contributed by atoms with Gasteiger partial charge in [-0.2, -0.15) is 0 Å². The standard InChI is InChI=1S/C24H14N4/c1-2-5-15-14(4-1)12-19-16(15)7-8-20-23(19)28-21-13-25-11-9-17(21)18-6-3-10-26-22(18)24(28)27-20/h1-11,13H,12H2. The van der Waals surface area contributed by atoms with E-state index < -0.39 is 0 Å². The van der Waals surface area contributed by atoms with Crippen LogP contribution >= 0.6 is 0 Å². The summed E-state index contributed by atoms with van der Waals surface area (Å²) in [5.74, 6) is 0. The van der Waals surface area contributed by atoms with Crippen molar-refractivity contribution in [1.82, 2.24) is 19.4 Å². The van der Waals surface area contributed by atoms with Crippen LogP contribution < -0.4 is 0 Å². The van der Waals surface area contributed by atoms with Gasteiger partial charge in [0.1, 0.15) is 5.52 Å². The van der Waals surface area contributed by atoms with Crippen LogP contribution in [0.3, 0.4) is 0 Å². The molecule has 2 aromatic carbocycles. The van der Waals surface area contributed by atoms with E-state index >= 15 is 0 Å². The minimum Gasteiger partial charge on any atom is -0.289 e. The molecule has 0 amide bonds. The van der Waals surface area contributed by atoms with Gasteiger partial charge >= 0.3 is 0 Å². The van der Waals surface area contributed by atoms with Crippen LogP contribution in [0.25, 0.3) is 49.6 Å². The van der Waals surface area contributed by atoms with Gasteiger partial charge in [-0.3, -0.25) is 14.4 Å². The van der Waals surface area contributed by atoms with Gasteiger partial charge in [-0.25, -0.2) is 4.98 Å². The lowest BCUT2D eigenvalue weighted by Gasteiger charge is -2.09. The maximum absolute atomic E-state index is 5.01. The minimum atomic E-state index is 0.899. The lowest BCUT2D eigenvalue weighted by atomic mass is 10.0. The number of pyridine rings is 3. The third-order valence-corrected chi connectivity index (χ3v) is 5.95. The zero-order valence-corrected chi connectivity index (χ0v) is 14.9. The summed E-state index contributed by atoms with van der Waals surface area (Å²) < 4.78 is 2.26. The van der Waals surface area contributed by atoms with E-state index in [4.69, 9.17) is 4.98 Å². The average molecular weight is 358 g/mol. The van der Waals surface area contributed by atoms with Crippen molar-refractivity contribution in [2.24, 2.45) is 0 Å². The van der Waals surface area contributed by atoms with E-state index in [2.05, 4.69) is 62.9 Å². The first-order chi connectivity index (χ1) is 13.9. The highest BCUT2D eigenvalue weighted by molar-refractivity contribution is 6.12. The monoisotopic (exact) mass is 358 g/mol. The Kier molecular flexibility index (Phi) is 2.51. The molecule has 4 nitrogen and oxygen atoms in total. The first-order valence-corrected chi connectivity index (χ1v) is 9.43. The molecule has 0 fully saturated rings. The number of benzene rings is 2. The quantitative estimate of drug-likeness (QED) is 0.352. The summed E-state index contributed by atoms with van der Waals surface area (Å²) in [6.45, 7) is 0. The van der Waals surface area contributed by atoms with Gasteiger partial charge in [0.2, 0.25) is 0 Å². The van der Waals surface area contributed by atoms with E-state index in [-0.39, 0.29) is 0 Å². The number of rotatable bonds is 0. The third kappa shape index (κ3) is 1.63. The number of nitrogens with zero attached hydrogens (tertiary/aromatic N) is 4. The van der Waals surface area contributed by atoms with Crippen molar-refractivity contribution in [2.45, 2.75) is 6.42 Å². The van der Waals surface area contributed by atoms with Crippen LogP contribution in [0.1, 0.15) is 11.1 Å². The summed E-state index contributed by atoms with van der Waals surface area (Å²) in [6.07, 6.45) is 6.56. The Bertz CT molecular complexity index is 1590. The fourth-order valence-corrected chi connectivity index (χ4v) is 4.78. The molecule has 0 unspecified atom stereocenters. The number of hydrogen-bond acceptors (Lipinski definition) is 3. The summed E-state index contributed by atoms with van der Waals surface area (Å²) in [5.41, 5.74) is 10.4. The topological polar surface area (TPSA) is 43.1 Å². The average Bonchev–Trinajstić information content (AvgIpc) is 3.32. The molecule has 4 heterocycles. The van der Waals surface area contributed by atoms with Crippen LogP contribution in [0, 0.1) is 0 Å². The number of aromatic nitrogens is 4. The molecule has 0 N–H and O–H groups in total. The first-order valence-electron chi connectivity index (χ1n) is 9.43. The summed E-state index contributed by atoms with van der Waals surface area (Å²) in [7, 11) is 0. The second-order valence-corrected chi connectivity index (χ2v) is 7.36. The molecule has 28 heavy (non-hydrogen) atoms. The maximum atomic E-state index is 5.01. The van der Waals surface area contributed by atoms with Gasteiger partial charge in [0.15, 0.2) is 5.65 Å². The zero-order chi connectivity index (χ0) is 18.2. The summed E-state index contributed by atoms with van der Waals surface area (Å²) in [4.78, 5) is 14.1. The first kappa shape index (κ1) is 14.3. The molecule has 4 aromatic heterocycles. The molecular formula is C24H14N4. The molecule has 0 aliphatic heterocycles. The van der Waals surface area contributed by atoms with Crippen molar-refractivity contribution in [2.75, 3.05) is 0 Å². The Morgan fingerprint density at radius 1 is 0.821 bits per heavy atom. The van der Waals surface area contributed by atoms with Crippen molar-refractivity contribution in [1.29, 1.82) is 0 Å². The number of imidazole rings is 1. The van der Waals surface area contributed by atoms with Crippen LogP contribution in [0.2, 0.25) is 0 Å². The zero-order valence-electron chi connectivity index (χ0n) is 14.9. The van der Waals surface area contributed by atoms with Gasteiger partial charge in [0.05, 0.1) is 22.7 Å². The Morgan fingerprint density at radius 3 is 2.79 bits per heavy atom. The van der Waals surface area contributed by atoms with Gasteiger partial charge < -0.3 is 0 Å². The summed E-state index contributed by atoms with van der Waals surface area (Å²) in [5, 5.41) is 2.26. The molecule has 0 saturated carbocycles. The Hall–Kier alpha value is -3.79. The van der Waals surface area contributed by atoms with Crippen molar-refractivity contribution in [3.05, 3.63) is 84.3 Å². The van der Waals surface area contributed by atoms with E-state index in [0.29, 0.717) is 0 Å². The van der Waals surface area contributed by atoms with Crippen LogP contribution in [-0.2, 0) is 6.42 Å². The SMILES string of the molecule is c1ccc2c(c1)Cc1c-2ccc2nc3c4ncccc4c4ccncc4n3c12. The Labute approximate surface area is 160 Å². The van der Waals surface area contributed by atoms with Gasteiger partial charge in [-0.05, 0) is 40.5 Å². The van der Waals surface area contributed by atoms with E-state index in [1.54, 1.807) is 0 Å². The molecule has 7 rings (SSSR count). The second-order valence-electron chi connectivity index (χ2n) is 7.36. The predicted molar refractivity (Wildman–Crippen MR) is 112 cm³/mol. The molecular weight excluding hydrogens is 344 g/mol. The van der Waals surface area contributed by atoms with Gasteiger partial charge in [-0.15, -0.1) is 0 Å². The third-order valence-electron chi connectivity index (χ3n) is 5.95. The lowest BCUT2D eigenvalue weighted by molar-refractivity contribution is 1.22. The smallest absolute Gasteiger partial charge is 0.165 e. The Morgan fingerprint density at radius 2 is 1.79 bits per heavy atom. The molecule has 4 heteroatoms. The van der Waals surface area contributed by atoms with Crippen molar-refractivity contribution in [3.63, 3.8) is 0 Å². The fraction of sp³-hybridized carbons (Fsp3) is 0.0417.